The van der Waals surface area contributed by atoms with Gasteiger partial charge in [-0.15, -0.1) is 0 Å². The van der Waals surface area contributed by atoms with E-state index in [0.29, 0.717) is 32.6 Å². The highest BCUT2D eigenvalue weighted by molar-refractivity contribution is 5.76. The van der Waals surface area contributed by atoms with Gasteiger partial charge >= 0.3 is 0 Å². The van der Waals surface area contributed by atoms with Crippen LogP contribution in [0.3, 0.4) is 0 Å². The lowest BCUT2D eigenvalue weighted by Gasteiger charge is -2.28. The lowest BCUT2D eigenvalue weighted by atomic mass is 9.84. The average Bonchev–Trinajstić information content (AvgIpc) is 2.89. The summed E-state index contributed by atoms with van der Waals surface area (Å²) in [6, 6.07) is 6.01. The van der Waals surface area contributed by atoms with Crippen LogP contribution in [-0.4, -0.2) is 35.4 Å². The maximum Gasteiger partial charge on any atom is 0.220 e. The molecule has 0 unspecified atom stereocenters. The molecule has 2 aromatic rings. The van der Waals surface area contributed by atoms with Gasteiger partial charge in [0.25, 0.3) is 0 Å². The molecule has 0 fully saturated rings. The Morgan fingerprint density at radius 2 is 1.93 bits per heavy atom. The number of carbonyl (C=O) groups is 1. The number of fused-ring (bicyclic) bond motifs is 1. The predicted octanol–water partition coefficient (Wildman–Crippen LogP) is 2.83. The van der Waals surface area contributed by atoms with E-state index in [1.807, 2.05) is 43.8 Å². The SMILES string of the molecule is Cc1nn(C)c(C)c1CCC(=O)NCC(C)(C)c1ccc2c(c1)OCCO2. The van der Waals surface area contributed by atoms with Crippen LogP contribution < -0.4 is 14.8 Å². The van der Waals surface area contributed by atoms with E-state index in [0.717, 1.165) is 28.5 Å². The highest BCUT2D eigenvalue weighted by Crippen LogP contribution is 2.34. The number of amides is 1. The summed E-state index contributed by atoms with van der Waals surface area (Å²) in [4.78, 5) is 12.4. The number of rotatable bonds is 6. The van der Waals surface area contributed by atoms with Crippen molar-refractivity contribution < 1.29 is 14.3 Å². The van der Waals surface area contributed by atoms with Crippen LogP contribution in [0.5, 0.6) is 11.5 Å². The van der Waals surface area contributed by atoms with Crippen molar-refractivity contribution in [1.82, 2.24) is 15.1 Å². The first-order valence-electron chi connectivity index (χ1n) is 9.44. The zero-order valence-electron chi connectivity index (χ0n) is 16.9. The van der Waals surface area contributed by atoms with Crippen molar-refractivity contribution in [1.29, 1.82) is 0 Å². The summed E-state index contributed by atoms with van der Waals surface area (Å²) >= 11 is 0. The van der Waals surface area contributed by atoms with Crippen LogP contribution in [0.1, 0.15) is 42.8 Å². The number of hydrogen-bond donors (Lipinski definition) is 1. The van der Waals surface area contributed by atoms with Crippen molar-refractivity contribution in [3.63, 3.8) is 0 Å². The third kappa shape index (κ3) is 4.26. The molecule has 0 atom stereocenters. The Morgan fingerprint density at radius 3 is 2.59 bits per heavy atom. The molecule has 0 spiro atoms. The van der Waals surface area contributed by atoms with Gasteiger partial charge in [0.2, 0.25) is 5.91 Å². The highest BCUT2D eigenvalue weighted by Gasteiger charge is 2.24. The van der Waals surface area contributed by atoms with Crippen LogP contribution >= 0.6 is 0 Å². The number of nitrogens with zero attached hydrogens (tertiary/aromatic N) is 2. The molecular formula is C21H29N3O3. The third-order valence-corrected chi connectivity index (χ3v) is 5.31. The maximum absolute atomic E-state index is 12.4. The summed E-state index contributed by atoms with van der Waals surface area (Å²) in [5, 5.41) is 7.49. The quantitative estimate of drug-likeness (QED) is 0.848. The van der Waals surface area contributed by atoms with Gasteiger partial charge in [0, 0.05) is 31.1 Å². The summed E-state index contributed by atoms with van der Waals surface area (Å²) < 4.78 is 13.1. The standard InChI is InChI=1S/C21H29N3O3/c1-14-17(15(2)24(5)23-14)7-9-20(25)22-13-21(3,4)16-6-8-18-19(12-16)27-11-10-26-18/h6,8,12H,7,9-11,13H2,1-5H3,(H,22,25). The molecule has 27 heavy (non-hydrogen) atoms. The molecule has 1 aromatic heterocycles. The fraction of sp³-hybridized carbons (Fsp3) is 0.524. The Morgan fingerprint density at radius 1 is 1.22 bits per heavy atom. The number of aryl methyl sites for hydroxylation is 2. The Labute approximate surface area is 160 Å². The molecule has 0 saturated heterocycles. The van der Waals surface area contributed by atoms with E-state index in [1.54, 1.807) is 0 Å². The number of ether oxygens (including phenoxy) is 2. The highest BCUT2D eigenvalue weighted by atomic mass is 16.6. The Kier molecular flexibility index (Phi) is 5.44. The van der Waals surface area contributed by atoms with E-state index in [9.17, 15) is 4.79 Å². The zero-order valence-corrected chi connectivity index (χ0v) is 16.9. The fourth-order valence-electron chi connectivity index (χ4n) is 3.39. The first-order valence-corrected chi connectivity index (χ1v) is 9.44. The van der Waals surface area contributed by atoms with Crippen LogP contribution in [0.15, 0.2) is 18.2 Å². The summed E-state index contributed by atoms with van der Waals surface area (Å²) in [7, 11) is 1.93. The predicted molar refractivity (Wildman–Crippen MR) is 104 cm³/mol. The molecule has 1 aliphatic rings. The normalized spacial score (nSPS) is 13.5. The Hall–Kier alpha value is -2.50. The van der Waals surface area contributed by atoms with Gasteiger partial charge < -0.3 is 14.8 Å². The largest absolute Gasteiger partial charge is 0.486 e. The molecule has 0 bridgehead atoms. The molecule has 1 aromatic carbocycles. The van der Waals surface area contributed by atoms with Crippen LogP contribution in [0.25, 0.3) is 0 Å². The second-order valence-corrected chi connectivity index (χ2v) is 7.79. The maximum atomic E-state index is 12.4. The molecule has 1 amide bonds. The molecule has 146 valence electrons. The van der Waals surface area contributed by atoms with Crippen molar-refractivity contribution in [2.24, 2.45) is 7.05 Å². The van der Waals surface area contributed by atoms with E-state index in [1.165, 1.54) is 5.56 Å². The molecule has 0 saturated carbocycles. The van der Waals surface area contributed by atoms with Crippen molar-refractivity contribution in [2.75, 3.05) is 19.8 Å². The minimum Gasteiger partial charge on any atom is -0.486 e. The smallest absolute Gasteiger partial charge is 0.220 e. The Balaban J connectivity index is 1.57. The van der Waals surface area contributed by atoms with Gasteiger partial charge in [-0.3, -0.25) is 9.48 Å². The van der Waals surface area contributed by atoms with Gasteiger partial charge in [-0.25, -0.2) is 0 Å². The van der Waals surface area contributed by atoms with Gasteiger partial charge in [0.1, 0.15) is 13.2 Å². The monoisotopic (exact) mass is 371 g/mol. The van der Waals surface area contributed by atoms with Gasteiger partial charge in [-0.05, 0) is 43.5 Å². The summed E-state index contributed by atoms with van der Waals surface area (Å²) in [5.74, 6) is 1.62. The third-order valence-electron chi connectivity index (χ3n) is 5.31. The van der Waals surface area contributed by atoms with Crippen LogP contribution in [0, 0.1) is 13.8 Å². The van der Waals surface area contributed by atoms with Crippen molar-refractivity contribution in [3.8, 4) is 11.5 Å². The van der Waals surface area contributed by atoms with Gasteiger partial charge in [-0.2, -0.15) is 5.10 Å². The van der Waals surface area contributed by atoms with Gasteiger partial charge in [0.15, 0.2) is 11.5 Å². The van der Waals surface area contributed by atoms with Crippen LogP contribution in [-0.2, 0) is 23.7 Å². The number of carbonyl (C=O) groups excluding carboxylic acids is 1. The van der Waals surface area contributed by atoms with Gasteiger partial charge in [0.05, 0.1) is 5.69 Å². The van der Waals surface area contributed by atoms with E-state index >= 15 is 0 Å². The van der Waals surface area contributed by atoms with Crippen LogP contribution in [0.4, 0.5) is 0 Å². The minimum absolute atomic E-state index is 0.0586. The lowest BCUT2D eigenvalue weighted by Crippen LogP contribution is -2.36. The first kappa shape index (κ1) is 19.3. The number of nitrogens with one attached hydrogen (secondary N) is 1. The number of hydrogen-bond acceptors (Lipinski definition) is 4. The second-order valence-electron chi connectivity index (χ2n) is 7.79. The van der Waals surface area contributed by atoms with Crippen LogP contribution in [0.2, 0.25) is 0 Å². The van der Waals surface area contributed by atoms with E-state index in [2.05, 4.69) is 24.3 Å². The summed E-state index contributed by atoms with van der Waals surface area (Å²) in [6.45, 7) is 9.99. The molecule has 0 radical (unpaired) electrons. The number of aromatic nitrogens is 2. The molecule has 6 heteroatoms. The lowest BCUT2D eigenvalue weighted by molar-refractivity contribution is -0.121. The molecular weight excluding hydrogens is 342 g/mol. The molecule has 0 aliphatic carbocycles. The molecule has 6 nitrogen and oxygen atoms in total. The van der Waals surface area contributed by atoms with Gasteiger partial charge in [-0.1, -0.05) is 19.9 Å². The summed E-state index contributed by atoms with van der Waals surface area (Å²) in [5.41, 5.74) is 4.20. The van der Waals surface area contributed by atoms with Crippen molar-refractivity contribution in [2.45, 2.75) is 46.0 Å². The van der Waals surface area contributed by atoms with E-state index in [4.69, 9.17) is 9.47 Å². The first-order chi connectivity index (χ1) is 12.8. The minimum atomic E-state index is -0.203. The molecule has 3 rings (SSSR count). The van der Waals surface area contributed by atoms with E-state index < -0.39 is 0 Å². The zero-order chi connectivity index (χ0) is 19.6. The van der Waals surface area contributed by atoms with E-state index in [-0.39, 0.29) is 11.3 Å². The van der Waals surface area contributed by atoms with Crippen molar-refractivity contribution in [3.05, 3.63) is 40.7 Å². The molecule has 1 aliphatic heterocycles. The fourth-order valence-corrected chi connectivity index (χ4v) is 3.39. The Bertz CT molecular complexity index is 839. The molecule has 2 heterocycles. The number of benzene rings is 1. The molecule has 1 N–H and O–H groups in total. The summed E-state index contributed by atoms with van der Waals surface area (Å²) in [6.07, 6.45) is 1.17. The second kappa shape index (κ2) is 7.62. The average molecular weight is 371 g/mol. The topological polar surface area (TPSA) is 65.4 Å². The van der Waals surface area contributed by atoms with Crippen molar-refractivity contribution >= 4 is 5.91 Å².